The molecule has 5 nitrogen and oxygen atoms in total. The molecule has 2 heterocycles. The van der Waals surface area contributed by atoms with Crippen LogP contribution >= 0.6 is 49.6 Å². The van der Waals surface area contributed by atoms with Crippen LogP contribution in [0.1, 0.15) is 16.8 Å². The molecule has 1 saturated heterocycles. The molecule has 3 rings (SSSR count). The van der Waals surface area contributed by atoms with Crippen LogP contribution in [0.5, 0.6) is 0 Å². The maximum atomic E-state index is 13.2. The minimum Gasteiger partial charge on any atom is -0.384 e. The van der Waals surface area contributed by atoms with Gasteiger partial charge in [-0.05, 0) is 74.2 Å². The molecule has 1 aromatic heterocycles. The van der Waals surface area contributed by atoms with Crippen LogP contribution < -0.4 is 21.7 Å². The molecule has 1 fully saturated rings. The summed E-state index contributed by atoms with van der Waals surface area (Å²) in [6.07, 6.45) is 1.77. The summed E-state index contributed by atoms with van der Waals surface area (Å²) in [6, 6.07) is 11.3. The molecule has 0 saturated carbocycles. The molecule has 0 radical (unpaired) electrons. The predicted octanol–water partition coefficient (Wildman–Crippen LogP) is 3.35. The third-order valence-corrected chi connectivity index (χ3v) is 5.04. The Balaban J connectivity index is 0. The molecular formula is C21H34Cl4FN5. The Labute approximate surface area is 209 Å². The van der Waals surface area contributed by atoms with Crippen LogP contribution in [-0.4, -0.2) is 43.7 Å². The van der Waals surface area contributed by atoms with Crippen LogP contribution in [0.4, 0.5) is 10.2 Å². The number of nitrogen functional groups attached to an aromatic ring is 1. The van der Waals surface area contributed by atoms with E-state index in [2.05, 4.69) is 33.9 Å². The minimum absolute atomic E-state index is 0. The van der Waals surface area contributed by atoms with Gasteiger partial charge in [0.05, 0.1) is 0 Å². The van der Waals surface area contributed by atoms with Gasteiger partial charge in [-0.2, -0.15) is 0 Å². The van der Waals surface area contributed by atoms with Crippen LogP contribution in [-0.2, 0) is 12.8 Å². The number of aromatic nitrogens is 1. The molecule has 1 aliphatic heterocycles. The second kappa shape index (κ2) is 16.7. The van der Waals surface area contributed by atoms with Crippen LogP contribution in [0.25, 0.3) is 0 Å². The van der Waals surface area contributed by atoms with Crippen molar-refractivity contribution in [3.05, 3.63) is 59.0 Å². The van der Waals surface area contributed by atoms with Crippen molar-refractivity contribution in [2.45, 2.75) is 25.8 Å². The number of rotatable bonds is 9. The normalized spacial score (nSPS) is 17.0. The fourth-order valence-electron chi connectivity index (χ4n) is 3.72. The van der Waals surface area contributed by atoms with Gasteiger partial charge in [-0.3, -0.25) is 0 Å². The minimum atomic E-state index is -0.168. The lowest BCUT2D eigenvalue weighted by Crippen LogP contribution is -2.40. The van der Waals surface area contributed by atoms with Crippen molar-refractivity contribution in [3.63, 3.8) is 0 Å². The van der Waals surface area contributed by atoms with Crippen LogP contribution in [0.2, 0.25) is 0 Å². The van der Waals surface area contributed by atoms with E-state index in [1.807, 2.05) is 12.1 Å². The van der Waals surface area contributed by atoms with E-state index in [1.54, 1.807) is 12.1 Å². The molecule has 0 spiro atoms. The third-order valence-electron chi connectivity index (χ3n) is 5.04. The van der Waals surface area contributed by atoms with Gasteiger partial charge in [0.2, 0.25) is 0 Å². The Morgan fingerprint density at radius 2 is 1.84 bits per heavy atom. The number of anilines is 1. The van der Waals surface area contributed by atoms with E-state index >= 15 is 0 Å². The highest BCUT2D eigenvalue weighted by molar-refractivity contribution is 5.86. The molecule has 1 aliphatic rings. The van der Waals surface area contributed by atoms with Gasteiger partial charge in [0.1, 0.15) is 11.6 Å². The Hall–Kier alpha value is -0.860. The Morgan fingerprint density at radius 1 is 1.06 bits per heavy atom. The smallest absolute Gasteiger partial charge is 0.123 e. The monoisotopic (exact) mass is 515 g/mol. The molecule has 5 N–H and O–H groups in total. The van der Waals surface area contributed by atoms with Gasteiger partial charge in [-0.1, -0.05) is 12.1 Å². The summed E-state index contributed by atoms with van der Waals surface area (Å²) in [5.74, 6) is 0.952. The number of nitrogens with one attached hydrogen (secondary N) is 3. The lowest BCUT2D eigenvalue weighted by atomic mass is 9.97. The first-order valence-electron chi connectivity index (χ1n) is 9.72. The van der Waals surface area contributed by atoms with Gasteiger partial charge < -0.3 is 21.7 Å². The second-order valence-corrected chi connectivity index (χ2v) is 7.37. The second-order valence-electron chi connectivity index (χ2n) is 7.37. The summed E-state index contributed by atoms with van der Waals surface area (Å²) in [4.78, 5) is 4.47. The fraction of sp³-hybridized carbons (Fsp3) is 0.476. The van der Waals surface area contributed by atoms with Crippen molar-refractivity contribution in [1.29, 1.82) is 0 Å². The average Bonchev–Trinajstić information content (AvgIpc) is 3.04. The van der Waals surface area contributed by atoms with E-state index in [1.165, 1.54) is 6.07 Å². The Bertz CT molecular complexity index is 733. The zero-order chi connectivity index (χ0) is 19.1. The number of benzene rings is 1. The predicted molar refractivity (Wildman–Crippen MR) is 137 cm³/mol. The summed E-state index contributed by atoms with van der Waals surface area (Å²) < 4.78 is 13.2. The van der Waals surface area contributed by atoms with Crippen LogP contribution in [0.15, 0.2) is 36.4 Å². The summed E-state index contributed by atoms with van der Waals surface area (Å²) in [5.41, 5.74) is 9.14. The molecule has 2 aromatic rings. The van der Waals surface area contributed by atoms with Crippen molar-refractivity contribution >= 4 is 55.4 Å². The maximum absolute atomic E-state index is 13.2. The Kier molecular flexibility index (Phi) is 17.4. The van der Waals surface area contributed by atoms with Gasteiger partial charge in [-0.25, -0.2) is 9.37 Å². The number of aryl methyl sites for hydroxylation is 1. The topological polar surface area (TPSA) is 75.0 Å². The van der Waals surface area contributed by atoms with Gasteiger partial charge in [0.25, 0.3) is 0 Å². The highest BCUT2D eigenvalue weighted by Gasteiger charge is 2.26. The molecule has 0 bridgehead atoms. The zero-order valence-electron chi connectivity index (χ0n) is 17.6. The summed E-state index contributed by atoms with van der Waals surface area (Å²) >= 11 is 0. The number of halogens is 5. The summed E-state index contributed by atoms with van der Waals surface area (Å²) in [6.45, 7) is 6.70. The molecule has 0 aliphatic carbocycles. The van der Waals surface area contributed by atoms with E-state index in [4.69, 9.17) is 5.73 Å². The van der Waals surface area contributed by atoms with E-state index in [-0.39, 0.29) is 55.4 Å². The first kappa shape index (κ1) is 32.3. The number of hydrogen-bond acceptors (Lipinski definition) is 5. The molecule has 2 atom stereocenters. The zero-order valence-corrected chi connectivity index (χ0v) is 20.9. The highest BCUT2D eigenvalue weighted by atomic mass is 35.5. The van der Waals surface area contributed by atoms with Crippen molar-refractivity contribution in [2.24, 2.45) is 5.92 Å². The van der Waals surface area contributed by atoms with Gasteiger partial charge in [0, 0.05) is 31.4 Å². The summed E-state index contributed by atoms with van der Waals surface area (Å²) in [7, 11) is 0. The average molecular weight is 517 g/mol. The van der Waals surface area contributed by atoms with Gasteiger partial charge in [-0.15, -0.1) is 49.6 Å². The molecule has 0 unspecified atom stereocenters. The first-order chi connectivity index (χ1) is 13.1. The Morgan fingerprint density at radius 3 is 2.55 bits per heavy atom. The molecule has 1 aromatic carbocycles. The van der Waals surface area contributed by atoms with E-state index < -0.39 is 0 Å². The number of hydrogen-bond donors (Lipinski definition) is 4. The fourth-order valence-corrected chi connectivity index (χ4v) is 3.72. The van der Waals surface area contributed by atoms with E-state index in [9.17, 15) is 4.39 Å². The van der Waals surface area contributed by atoms with Crippen molar-refractivity contribution < 1.29 is 4.39 Å². The standard InChI is InChI=1S/C21H30FN5.4ClH/c1-15-9-19(27-21(23)10-15)12-17-13-25-14-20(17)26-8-7-24-6-5-16-3-2-4-18(22)11-16;;;;/h2-4,9-11,17,20,24-26H,5-8,12-14H2,1H3,(H2,23,27);4*1H/t17-,20+;;;;/m1..../s1. The van der Waals surface area contributed by atoms with Gasteiger partial charge >= 0.3 is 0 Å². The molecule has 178 valence electrons. The lowest BCUT2D eigenvalue weighted by Gasteiger charge is -2.20. The molecular weight excluding hydrogens is 483 g/mol. The lowest BCUT2D eigenvalue weighted by molar-refractivity contribution is 0.419. The van der Waals surface area contributed by atoms with E-state index in [0.717, 1.165) is 62.4 Å². The van der Waals surface area contributed by atoms with E-state index in [0.29, 0.717) is 17.8 Å². The largest absolute Gasteiger partial charge is 0.384 e. The van der Waals surface area contributed by atoms with Gasteiger partial charge in [0.15, 0.2) is 0 Å². The molecule has 0 amide bonds. The van der Waals surface area contributed by atoms with Crippen molar-refractivity contribution in [3.8, 4) is 0 Å². The van der Waals surface area contributed by atoms with Crippen LogP contribution in [0.3, 0.4) is 0 Å². The number of nitrogens with zero attached hydrogens (tertiary/aromatic N) is 1. The quantitative estimate of drug-likeness (QED) is 0.384. The molecule has 31 heavy (non-hydrogen) atoms. The highest BCUT2D eigenvalue weighted by Crippen LogP contribution is 2.17. The number of nitrogens with two attached hydrogens (primary N) is 1. The van der Waals surface area contributed by atoms with Crippen molar-refractivity contribution in [2.75, 3.05) is 38.5 Å². The maximum Gasteiger partial charge on any atom is 0.123 e. The van der Waals surface area contributed by atoms with Crippen LogP contribution in [0, 0.1) is 18.7 Å². The first-order valence-corrected chi connectivity index (χ1v) is 9.72. The molecule has 10 heteroatoms. The number of pyridine rings is 1. The SMILES string of the molecule is Cc1cc(N)nc(C[C@@H]2CNC[C@@H]2NCCNCCc2cccc(F)c2)c1.Cl.Cl.Cl.Cl. The van der Waals surface area contributed by atoms with Crippen molar-refractivity contribution in [1.82, 2.24) is 20.9 Å². The third kappa shape index (κ3) is 11.0. The summed E-state index contributed by atoms with van der Waals surface area (Å²) in [5, 5.41) is 10.5.